The fourth-order valence-electron chi connectivity index (χ4n) is 5.76. The summed E-state index contributed by atoms with van der Waals surface area (Å²) in [5.74, 6) is -0.205. The summed E-state index contributed by atoms with van der Waals surface area (Å²) < 4.78 is 2.08. The van der Waals surface area contributed by atoms with Crippen molar-refractivity contribution in [2.24, 2.45) is 0 Å². The standard InChI is InChI=1S/C27H28ClN3O2S/c28-17-12-14-19(15-13-17)31-24(25(32)29-18-7-2-1-3-8-18)21-10-6-16-30(21)27-23(26(31)33)20-9-4-5-11-22(20)34-27/h6,10,12-16,18,24H,1-5,7-9,11H2,(H,29,32)/t24-/m1/s1. The number of hydrogen-bond acceptors (Lipinski definition) is 3. The predicted octanol–water partition coefficient (Wildman–Crippen LogP) is 6.22. The fourth-order valence-corrected chi connectivity index (χ4v) is 7.27. The highest BCUT2D eigenvalue weighted by molar-refractivity contribution is 7.15. The zero-order valence-electron chi connectivity index (χ0n) is 19.1. The van der Waals surface area contributed by atoms with Gasteiger partial charge >= 0.3 is 0 Å². The number of nitrogens with one attached hydrogen (secondary N) is 1. The molecule has 176 valence electrons. The van der Waals surface area contributed by atoms with Crippen LogP contribution in [-0.4, -0.2) is 22.4 Å². The highest BCUT2D eigenvalue weighted by Crippen LogP contribution is 2.44. The Kier molecular flexibility index (Phi) is 5.74. The summed E-state index contributed by atoms with van der Waals surface area (Å²) in [6.07, 6.45) is 11.7. The van der Waals surface area contributed by atoms with Gasteiger partial charge in [-0.05, 0) is 80.5 Å². The van der Waals surface area contributed by atoms with Crippen LogP contribution in [0.25, 0.3) is 5.00 Å². The molecule has 1 saturated carbocycles. The van der Waals surface area contributed by atoms with Crippen molar-refractivity contribution in [3.63, 3.8) is 0 Å². The number of amides is 2. The minimum absolute atomic E-state index is 0.0933. The van der Waals surface area contributed by atoms with Crippen LogP contribution in [0.5, 0.6) is 0 Å². The van der Waals surface area contributed by atoms with Gasteiger partial charge in [-0.2, -0.15) is 0 Å². The Labute approximate surface area is 208 Å². The molecule has 1 N–H and O–H groups in total. The van der Waals surface area contributed by atoms with E-state index in [-0.39, 0.29) is 17.9 Å². The highest BCUT2D eigenvalue weighted by Gasteiger charge is 2.42. The summed E-state index contributed by atoms with van der Waals surface area (Å²) in [6.45, 7) is 0. The fraction of sp³-hybridized carbons (Fsp3) is 0.407. The van der Waals surface area contributed by atoms with Crippen LogP contribution in [-0.2, 0) is 17.6 Å². The molecule has 7 heteroatoms. The number of nitrogens with zero attached hydrogens (tertiary/aromatic N) is 2. The van der Waals surface area contributed by atoms with Crippen LogP contribution < -0.4 is 10.2 Å². The molecule has 0 bridgehead atoms. The number of carbonyl (C=O) groups is 2. The summed E-state index contributed by atoms with van der Waals surface area (Å²) >= 11 is 7.90. The third-order valence-corrected chi connectivity index (χ3v) is 8.97. The van der Waals surface area contributed by atoms with Gasteiger partial charge in [-0.3, -0.25) is 14.5 Å². The summed E-state index contributed by atoms with van der Waals surface area (Å²) in [4.78, 5) is 31.2. The molecule has 6 rings (SSSR count). The topological polar surface area (TPSA) is 54.3 Å². The molecule has 2 aromatic heterocycles. The maximum atomic E-state index is 14.3. The molecule has 1 atom stereocenters. The van der Waals surface area contributed by atoms with Gasteiger partial charge in [0.15, 0.2) is 6.04 Å². The Hall–Kier alpha value is -2.57. The van der Waals surface area contributed by atoms with Crippen LogP contribution in [0.2, 0.25) is 5.02 Å². The Morgan fingerprint density at radius 1 is 1.00 bits per heavy atom. The van der Waals surface area contributed by atoms with Gasteiger partial charge in [0.1, 0.15) is 5.00 Å². The van der Waals surface area contributed by atoms with Crippen molar-refractivity contribution < 1.29 is 9.59 Å². The van der Waals surface area contributed by atoms with Crippen LogP contribution in [0.1, 0.15) is 77.5 Å². The number of hydrogen-bond donors (Lipinski definition) is 1. The second-order valence-electron chi connectivity index (χ2n) is 9.59. The molecule has 0 unspecified atom stereocenters. The first kappa shape index (κ1) is 21.9. The van der Waals surface area contributed by atoms with Gasteiger partial charge in [0, 0.05) is 27.8 Å². The third-order valence-electron chi connectivity index (χ3n) is 7.43. The minimum atomic E-state index is -0.746. The van der Waals surface area contributed by atoms with Crippen LogP contribution in [0.3, 0.4) is 0 Å². The zero-order valence-corrected chi connectivity index (χ0v) is 20.6. The molecule has 1 aromatic carbocycles. The molecular formula is C27H28ClN3O2S. The van der Waals surface area contributed by atoms with Crippen molar-refractivity contribution in [1.82, 2.24) is 9.88 Å². The predicted molar refractivity (Wildman–Crippen MR) is 136 cm³/mol. The Morgan fingerprint density at radius 2 is 1.76 bits per heavy atom. The van der Waals surface area contributed by atoms with E-state index in [1.807, 2.05) is 30.5 Å². The van der Waals surface area contributed by atoms with Crippen molar-refractivity contribution in [3.05, 3.63) is 69.3 Å². The summed E-state index contributed by atoms with van der Waals surface area (Å²) in [6, 6.07) is 10.6. The van der Waals surface area contributed by atoms with Crippen molar-refractivity contribution in [2.75, 3.05) is 4.90 Å². The number of halogens is 1. The molecule has 3 heterocycles. The molecule has 0 saturated heterocycles. The van der Waals surface area contributed by atoms with Gasteiger partial charge in [0.05, 0.1) is 11.3 Å². The average Bonchev–Trinajstić information content (AvgIpc) is 3.46. The lowest BCUT2D eigenvalue weighted by Crippen LogP contribution is -2.47. The maximum Gasteiger partial charge on any atom is 0.262 e. The summed E-state index contributed by atoms with van der Waals surface area (Å²) in [5, 5.41) is 4.84. The molecule has 3 aliphatic rings. The van der Waals surface area contributed by atoms with E-state index in [4.69, 9.17) is 11.6 Å². The van der Waals surface area contributed by atoms with E-state index in [0.717, 1.165) is 67.6 Å². The van der Waals surface area contributed by atoms with Gasteiger partial charge in [0.2, 0.25) is 5.91 Å². The number of aryl methyl sites for hydroxylation is 1. The number of anilines is 1. The van der Waals surface area contributed by atoms with E-state index in [0.29, 0.717) is 10.7 Å². The van der Waals surface area contributed by atoms with E-state index >= 15 is 0 Å². The van der Waals surface area contributed by atoms with E-state index in [1.165, 1.54) is 16.9 Å². The Bertz CT molecular complexity index is 1240. The number of fused-ring (bicyclic) bond motifs is 5. The number of aromatic nitrogens is 1. The zero-order chi connectivity index (χ0) is 23.2. The van der Waals surface area contributed by atoms with Crippen molar-refractivity contribution >= 4 is 40.4 Å². The Morgan fingerprint density at radius 3 is 2.56 bits per heavy atom. The van der Waals surface area contributed by atoms with E-state index in [2.05, 4.69) is 9.88 Å². The van der Waals surface area contributed by atoms with Crippen molar-refractivity contribution in [3.8, 4) is 5.00 Å². The summed E-state index contributed by atoms with van der Waals surface area (Å²) in [5.41, 5.74) is 3.45. The molecule has 1 aliphatic heterocycles. The Balaban J connectivity index is 1.51. The van der Waals surface area contributed by atoms with Gasteiger partial charge in [-0.1, -0.05) is 30.9 Å². The molecule has 34 heavy (non-hydrogen) atoms. The van der Waals surface area contributed by atoms with Crippen LogP contribution in [0.15, 0.2) is 42.6 Å². The normalized spacial score (nSPS) is 20.3. The lowest BCUT2D eigenvalue weighted by molar-refractivity contribution is -0.123. The van der Waals surface area contributed by atoms with Gasteiger partial charge in [-0.15, -0.1) is 11.3 Å². The molecule has 3 aromatic rings. The average molecular weight is 494 g/mol. The largest absolute Gasteiger partial charge is 0.351 e. The second kappa shape index (κ2) is 8.90. The van der Waals surface area contributed by atoms with Crippen molar-refractivity contribution in [2.45, 2.75) is 69.9 Å². The minimum Gasteiger partial charge on any atom is -0.351 e. The SMILES string of the molecule is O=C(NC1CCCCC1)[C@H]1c2cccn2-c2sc3c(c2C(=O)N1c1ccc(Cl)cc1)CCCC3. The van der Waals surface area contributed by atoms with E-state index in [1.54, 1.807) is 28.4 Å². The first-order valence-electron chi connectivity index (χ1n) is 12.3. The number of carbonyl (C=O) groups excluding carboxylic acids is 2. The highest BCUT2D eigenvalue weighted by atomic mass is 35.5. The van der Waals surface area contributed by atoms with Gasteiger partial charge in [-0.25, -0.2) is 0 Å². The smallest absolute Gasteiger partial charge is 0.262 e. The van der Waals surface area contributed by atoms with Crippen molar-refractivity contribution in [1.29, 1.82) is 0 Å². The third kappa shape index (κ3) is 3.68. The quantitative estimate of drug-likeness (QED) is 0.470. The molecule has 2 amide bonds. The van der Waals surface area contributed by atoms with Gasteiger partial charge < -0.3 is 9.88 Å². The number of thiophene rings is 1. The first-order valence-corrected chi connectivity index (χ1v) is 13.5. The van der Waals surface area contributed by atoms with Crippen LogP contribution in [0.4, 0.5) is 5.69 Å². The molecule has 1 fully saturated rings. The number of benzene rings is 1. The molecular weight excluding hydrogens is 466 g/mol. The van der Waals surface area contributed by atoms with E-state index in [9.17, 15) is 9.59 Å². The maximum absolute atomic E-state index is 14.3. The monoisotopic (exact) mass is 493 g/mol. The number of rotatable bonds is 3. The molecule has 0 spiro atoms. The molecule has 2 aliphatic carbocycles. The second-order valence-corrected chi connectivity index (χ2v) is 11.1. The lowest BCUT2D eigenvalue weighted by atomic mass is 9.94. The van der Waals surface area contributed by atoms with Crippen LogP contribution in [0, 0.1) is 0 Å². The molecule has 5 nitrogen and oxygen atoms in total. The molecule has 0 radical (unpaired) electrons. The van der Waals surface area contributed by atoms with Crippen LogP contribution >= 0.6 is 22.9 Å². The van der Waals surface area contributed by atoms with E-state index < -0.39 is 6.04 Å². The van der Waals surface area contributed by atoms with Gasteiger partial charge in [0.25, 0.3) is 5.91 Å². The summed E-state index contributed by atoms with van der Waals surface area (Å²) in [7, 11) is 0. The first-order chi connectivity index (χ1) is 16.6. The lowest BCUT2D eigenvalue weighted by Gasteiger charge is -2.32.